The summed E-state index contributed by atoms with van der Waals surface area (Å²) in [4.78, 5) is 0. The molecule has 0 radical (unpaired) electrons. The second-order valence-corrected chi connectivity index (χ2v) is 4.37. The fourth-order valence-electron chi connectivity index (χ4n) is 1.93. The summed E-state index contributed by atoms with van der Waals surface area (Å²) in [6.07, 6.45) is 0.862. The molecule has 0 saturated heterocycles. The molecule has 0 saturated carbocycles. The maximum absolute atomic E-state index is 5.86. The monoisotopic (exact) mass is 257 g/mol. The molecule has 3 heteroatoms. The number of rotatable bonds is 6. The molecule has 19 heavy (non-hydrogen) atoms. The lowest BCUT2D eigenvalue weighted by atomic mass is 10.1. The van der Waals surface area contributed by atoms with E-state index in [0.717, 1.165) is 23.5 Å². The SMILES string of the molecule is COCc1cccc(Oc2cccc(CCN)c2)c1. The van der Waals surface area contributed by atoms with Crippen LogP contribution in [-0.4, -0.2) is 13.7 Å². The van der Waals surface area contributed by atoms with Gasteiger partial charge in [-0.1, -0.05) is 24.3 Å². The Morgan fingerprint density at radius 2 is 1.58 bits per heavy atom. The first kappa shape index (κ1) is 13.6. The van der Waals surface area contributed by atoms with Crippen LogP contribution in [0.1, 0.15) is 11.1 Å². The lowest BCUT2D eigenvalue weighted by Crippen LogP contribution is -2.02. The predicted octanol–water partition coefficient (Wildman–Crippen LogP) is 3.13. The van der Waals surface area contributed by atoms with E-state index in [2.05, 4.69) is 6.07 Å². The fraction of sp³-hybridized carbons (Fsp3) is 0.250. The molecule has 0 aliphatic carbocycles. The third-order valence-electron chi connectivity index (χ3n) is 2.78. The minimum atomic E-state index is 0.588. The smallest absolute Gasteiger partial charge is 0.127 e. The van der Waals surface area contributed by atoms with Crippen molar-refractivity contribution >= 4 is 0 Å². The van der Waals surface area contributed by atoms with Gasteiger partial charge in [0.25, 0.3) is 0 Å². The molecule has 0 bridgehead atoms. The van der Waals surface area contributed by atoms with Gasteiger partial charge in [-0.2, -0.15) is 0 Å². The zero-order valence-corrected chi connectivity index (χ0v) is 11.1. The number of nitrogens with two attached hydrogens (primary N) is 1. The maximum Gasteiger partial charge on any atom is 0.127 e. The molecule has 0 amide bonds. The molecule has 0 atom stereocenters. The number of benzene rings is 2. The standard InChI is InChI=1S/C16H19NO2/c1-18-12-14-5-3-7-16(11-14)19-15-6-2-4-13(10-15)8-9-17/h2-7,10-11H,8-9,12,17H2,1H3. The number of methoxy groups -OCH3 is 1. The Labute approximate surface area is 114 Å². The second-order valence-electron chi connectivity index (χ2n) is 4.37. The van der Waals surface area contributed by atoms with Gasteiger partial charge in [0.1, 0.15) is 11.5 Å². The summed E-state index contributed by atoms with van der Waals surface area (Å²) in [7, 11) is 1.68. The van der Waals surface area contributed by atoms with Gasteiger partial charge in [0.05, 0.1) is 6.61 Å². The van der Waals surface area contributed by atoms with Crippen LogP contribution in [0, 0.1) is 0 Å². The molecule has 2 N–H and O–H groups in total. The van der Waals surface area contributed by atoms with Crippen LogP contribution in [0.5, 0.6) is 11.5 Å². The second kappa shape index (κ2) is 6.92. The molecule has 100 valence electrons. The van der Waals surface area contributed by atoms with Gasteiger partial charge in [0.2, 0.25) is 0 Å². The topological polar surface area (TPSA) is 44.5 Å². The van der Waals surface area contributed by atoms with E-state index in [1.807, 2.05) is 42.5 Å². The van der Waals surface area contributed by atoms with Gasteiger partial charge in [0, 0.05) is 7.11 Å². The van der Waals surface area contributed by atoms with Gasteiger partial charge in [0.15, 0.2) is 0 Å². The first-order valence-corrected chi connectivity index (χ1v) is 6.36. The minimum absolute atomic E-state index is 0.588. The Morgan fingerprint density at radius 1 is 0.947 bits per heavy atom. The molecule has 0 fully saturated rings. The molecule has 2 rings (SSSR count). The highest BCUT2D eigenvalue weighted by atomic mass is 16.5. The van der Waals surface area contributed by atoms with Crippen LogP contribution in [0.4, 0.5) is 0 Å². The number of hydrogen-bond donors (Lipinski definition) is 1. The van der Waals surface area contributed by atoms with Gasteiger partial charge in [-0.3, -0.25) is 0 Å². The van der Waals surface area contributed by atoms with Crippen molar-refractivity contribution in [3.63, 3.8) is 0 Å². The van der Waals surface area contributed by atoms with Crippen molar-refractivity contribution in [1.29, 1.82) is 0 Å². The first-order chi connectivity index (χ1) is 9.31. The molecule has 3 nitrogen and oxygen atoms in total. The third-order valence-corrected chi connectivity index (χ3v) is 2.78. The van der Waals surface area contributed by atoms with Gasteiger partial charge in [-0.15, -0.1) is 0 Å². The highest BCUT2D eigenvalue weighted by molar-refractivity contribution is 5.35. The lowest BCUT2D eigenvalue weighted by molar-refractivity contribution is 0.184. The first-order valence-electron chi connectivity index (χ1n) is 6.36. The summed E-state index contributed by atoms with van der Waals surface area (Å²) in [5.41, 5.74) is 7.85. The number of hydrogen-bond acceptors (Lipinski definition) is 3. The van der Waals surface area contributed by atoms with E-state index < -0.39 is 0 Å². The molecule has 0 unspecified atom stereocenters. The normalized spacial score (nSPS) is 10.4. The highest BCUT2D eigenvalue weighted by Crippen LogP contribution is 2.23. The van der Waals surface area contributed by atoms with Crippen LogP contribution in [0.25, 0.3) is 0 Å². The predicted molar refractivity (Wildman–Crippen MR) is 76.4 cm³/mol. The average Bonchev–Trinajstić information content (AvgIpc) is 2.40. The zero-order chi connectivity index (χ0) is 13.5. The Morgan fingerprint density at radius 3 is 2.21 bits per heavy atom. The van der Waals surface area contributed by atoms with Crippen LogP contribution in [0.15, 0.2) is 48.5 Å². The van der Waals surface area contributed by atoms with Crippen molar-refractivity contribution < 1.29 is 9.47 Å². The van der Waals surface area contributed by atoms with E-state index in [1.54, 1.807) is 7.11 Å². The van der Waals surface area contributed by atoms with Gasteiger partial charge in [-0.25, -0.2) is 0 Å². The van der Waals surface area contributed by atoms with Gasteiger partial charge < -0.3 is 15.2 Å². The molecule has 0 spiro atoms. The lowest BCUT2D eigenvalue weighted by Gasteiger charge is -2.08. The van der Waals surface area contributed by atoms with Crippen molar-refractivity contribution in [1.82, 2.24) is 0 Å². The van der Waals surface area contributed by atoms with E-state index in [-0.39, 0.29) is 0 Å². The Bertz CT molecular complexity index is 478. The summed E-state index contributed by atoms with van der Waals surface area (Å²) in [5, 5.41) is 0. The third kappa shape index (κ3) is 4.09. The molecule has 2 aromatic carbocycles. The Balaban J connectivity index is 2.11. The number of ether oxygens (including phenoxy) is 2. The molecule has 0 aliphatic rings. The molecule has 0 aliphatic heterocycles. The van der Waals surface area contributed by atoms with Crippen LogP contribution in [-0.2, 0) is 17.8 Å². The molecular weight excluding hydrogens is 238 g/mol. The van der Waals surface area contributed by atoms with Crippen molar-refractivity contribution in [3.05, 3.63) is 59.7 Å². The van der Waals surface area contributed by atoms with Crippen LogP contribution in [0.3, 0.4) is 0 Å². The van der Waals surface area contributed by atoms with Crippen LogP contribution < -0.4 is 10.5 Å². The molecule has 2 aromatic rings. The Kier molecular flexibility index (Phi) is 4.95. The molecule has 0 aromatic heterocycles. The van der Waals surface area contributed by atoms with Crippen molar-refractivity contribution in [3.8, 4) is 11.5 Å². The highest BCUT2D eigenvalue weighted by Gasteiger charge is 2.00. The summed E-state index contributed by atoms with van der Waals surface area (Å²) in [6.45, 7) is 1.23. The van der Waals surface area contributed by atoms with Crippen molar-refractivity contribution in [2.24, 2.45) is 5.73 Å². The van der Waals surface area contributed by atoms with E-state index in [9.17, 15) is 0 Å². The summed E-state index contributed by atoms with van der Waals surface area (Å²) in [6, 6.07) is 15.9. The van der Waals surface area contributed by atoms with Gasteiger partial charge >= 0.3 is 0 Å². The molecule has 0 heterocycles. The van der Waals surface area contributed by atoms with E-state index in [1.165, 1.54) is 5.56 Å². The van der Waals surface area contributed by atoms with E-state index in [4.69, 9.17) is 15.2 Å². The van der Waals surface area contributed by atoms with E-state index >= 15 is 0 Å². The fourth-order valence-corrected chi connectivity index (χ4v) is 1.93. The Hall–Kier alpha value is -1.84. The van der Waals surface area contributed by atoms with Crippen LogP contribution in [0.2, 0.25) is 0 Å². The minimum Gasteiger partial charge on any atom is -0.457 e. The van der Waals surface area contributed by atoms with E-state index in [0.29, 0.717) is 13.2 Å². The zero-order valence-electron chi connectivity index (χ0n) is 11.1. The summed E-state index contributed by atoms with van der Waals surface area (Å²) in [5.74, 6) is 1.65. The molecular formula is C16H19NO2. The average molecular weight is 257 g/mol. The van der Waals surface area contributed by atoms with Crippen molar-refractivity contribution in [2.45, 2.75) is 13.0 Å². The summed E-state index contributed by atoms with van der Waals surface area (Å²) >= 11 is 0. The maximum atomic E-state index is 5.86. The van der Waals surface area contributed by atoms with Crippen molar-refractivity contribution in [2.75, 3.05) is 13.7 Å². The van der Waals surface area contributed by atoms with Crippen LogP contribution >= 0.6 is 0 Å². The largest absolute Gasteiger partial charge is 0.457 e. The van der Waals surface area contributed by atoms with Gasteiger partial charge in [-0.05, 0) is 48.4 Å². The summed E-state index contributed by atoms with van der Waals surface area (Å²) < 4.78 is 11.0. The quantitative estimate of drug-likeness (QED) is 0.864.